The maximum Gasteiger partial charge on any atom is 0.323 e. The fourth-order valence-electron chi connectivity index (χ4n) is 4.76. The number of nitrogens with zero attached hydrogens (tertiary/aromatic N) is 1. The van der Waals surface area contributed by atoms with Gasteiger partial charge < -0.3 is 14.2 Å². The Labute approximate surface area is 231 Å². The van der Waals surface area contributed by atoms with Crippen LogP contribution in [0.4, 0.5) is 0 Å². The van der Waals surface area contributed by atoms with Crippen LogP contribution in [0.15, 0.2) is 83.8 Å². The average Bonchev–Trinajstić information content (AvgIpc) is 2.94. The van der Waals surface area contributed by atoms with Gasteiger partial charge in [-0.2, -0.15) is 0 Å². The van der Waals surface area contributed by atoms with E-state index in [1.165, 1.54) is 0 Å². The summed E-state index contributed by atoms with van der Waals surface area (Å²) in [6.07, 6.45) is 2.57. The van der Waals surface area contributed by atoms with Crippen LogP contribution in [0.25, 0.3) is 0 Å². The number of para-hydroxylation sites is 1. The first-order valence-electron chi connectivity index (χ1n) is 13.6. The van der Waals surface area contributed by atoms with Crippen molar-refractivity contribution in [3.8, 4) is 17.2 Å². The van der Waals surface area contributed by atoms with E-state index in [2.05, 4.69) is 6.92 Å². The van der Waals surface area contributed by atoms with Gasteiger partial charge in [0.1, 0.15) is 23.3 Å². The van der Waals surface area contributed by atoms with E-state index in [-0.39, 0.29) is 17.9 Å². The van der Waals surface area contributed by atoms with E-state index in [4.69, 9.17) is 14.2 Å². The highest BCUT2D eigenvalue weighted by atomic mass is 32.2. The zero-order chi connectivity index (χ0) is 27.7. The number of rotatable bonds is 12. The molecule has 1 aliphatic heterocycles. The zero-order valence-corrected chi connectivity index (χ0v) is 23.4. The second-order valence-electron chi connectivity index (χ2n) is 9.67. The zero-order valence-electron chi connectivity index (χ0n) is 22.6. The Hall–Kier alpha value is -3.36. The minimum atomic E-state index is -3.63. The molecule has 0 aliphatic carbocycles. The van der Waals surface area contributed by atoms with Gasteiger partial charge in [0.15, 0.2) is 9.84 Å². The minimum Gasteiger partial charge on any atom is -0.494 e. The molecule has 0 saturated carbocycles. The van der Waals surface area contributed by atoms with Crippen LogP contribution in [0, 0.1) is 0 Å². The van der Waals surface area contributed by atoms with E-state index >= 15 is 0 Å². The summed E-state index contributed by atoms with van der Waals surface area (Å²) in [4.78, 5) is 15.2. The lowest BCUT2D eigenvalue weighted by molar-refractivity contribution is -0.151. The number of piperidine rings is 1. The van der Waals surface area contributed by atoms with Crippen molar-refractivity contribution in [2.24, 2.45) is 0 Å². The SMILES string of the molecule is CCCCOc1ccc(S(=O)(=O)C2CCN(Cc3cccc(Oc4ccccc4)c3)C(C(=O)OCC)C2)cc1. The van der Waals surface area contributed by atoms with Gasteiger partial charge in [-0.25, -0.2) is 8.42 Å². The highest BCUT2D eigenvalue weighted by Gasteiger charge is 2.40. The number of carbonyl (C=O) groups excluding carboxylic acids is 1. The molecule has 1 fully saturated rings. The van der Waals surface area contributed by atoms with Crippen molar-refractivity contribution in [3.63, 3.8) is 0 Å². The number of carbonyl (C=O) groups is 1. The topological polar surface area (TPSA) is 82.1 Å². The smallest absolute Gasteiger partial charge is 0.323 e. The summed E-state index contributed by atoms with van der Waals surface area (Å²) in [6, 6.07) is 23.2. The summed E-state index contributed by atoms with van der Waals surface area (Å²) in [5.74, 6) is 1.70. The van der Waals surface area contributed by atoms with Crippen LogP contribution in [0.5, 0.6) is 17.2 Å². The predicted octanol–water partition coefficient (Wildman–Crippen LogP) is 6.03. The van der Waals surface area contributed by atoms with Gasteiger partial charge in [-0.3, -0.25) is 9.69 Å². The number of hydrogen-bond donors (Lipinski definition) is 0. The van der Waals surface area contributed by atoms with E-state index < -0.39 is 27.1 Å². The van der Waals surface area contributed by atoms with Crippen LogP contribution in [0.3, 0.4) is 0 Å². The van der Waals surface area contributed by atoms with E-state index in [1.54, 1.807) is 31.2 Å². The molecule has 8 heteroatoms. The van der Waals surface area contributed by atoms with E-state index in [0.29, 0.717) is 37.6 Å². The van der Waals surface area contributed by atoms with Crippen molar-refractivity contribution < 1.29 is 27.4 Å². The summed E-state index contributed by atoms with van der Waals surface area (Å²) >= 11 is 0. The highest BCUT2D eigenvalue weighted by molar-refractivity contribution is 7.92. The number of likely N-dealkylation sites (tertiary alicyclic amines) is 1. The predicted molar refractivity (Wildman–Crippen MR) is 151 cm³/mol. The molecule has 1 heterocycles. The number of hydrogen-bond acceptors (Lipinski definition) is 7. The van der Waals surface area contributed by atoms with Crippen LogP contribution in [0.2, 0.25) is 0 Å². The summed E-state index contributed by atoms with van der Waals surface area (Å²) in [7, 11) is -3.63. The van der Waals surface area contributed by atoms with Crippen molar-refractivity contribution in [2.75, 3.05) is 19.8 Å². The number of benzene rings is 3. The quantitative estimate of drug-likeness (QED) is 0.201. The largest absolute Gasteiger partial charge is 0.494 e. The molecule has 39 heavy (non-hydrogen) atoms. The monoisotopic (exact) mass is 551 g/mol. The molecule has 0 spiro atoms. The van der Waals surface area contributed by atoms with Crippen LogP contribution in [0.1, 0.15) is 45.1 Å². The lowest BCUT2D eigenvalue weighted by Crippen LogP contribution is -2.50. The van der Waals surface area contributed by atoms with Crippen molar-refractivity contribution in [2.45, 2.75) is 62.3 Å². The van der Waals surface area contributed by atoms with Crippen molar-refractivity contribution >= 4 is 15.8 Å². The Morgan fingerprint density at radius 3 is 2.38 bits per heavy atom. The number of sulfone groups is 1. The van der Waals surface area contributed by atoms with Gasteiger partial charge in [0.05, 0.1) is 23.4 Å². The van der Waals surface area contributed by atoms with Crippen LogP contribution < -0.4 is 9.47 Å². The Bertz CT molecular complexity index is 1310. The first-order valence-corrected chi connectivity index (χ1v) is 15.1. The highest BCUT2D eigenvalue weighted by Crippen LogP contribution is 2.31. The molecular formula is C31H37NO6S. The molecule has 0 amide bonds. The molecule has 4 rings (SSSR count). The summed E-state index contributed by atoms with van der Waals surface area (Å²) in [5.41, 5.74) is 0.970. The molecule has 2 unspecified atom stereocenters. The molecule has 1 aliphatic rings. The second-order valence-corrected chi connectivity index (χ2v) is 11.9. The van der Waals surface area contributed by atoms with Gasteiger partial charge in [-0.1, -0.05) is 43.7 Å². The van der Waals surface area contributed by atoms with Crippen molar-refractivity contribution in [1.82, 2.24) is 4.90 Å². The van der Waals surface area contributed by atoms with Crippen LogP contribution >= 0.6 is 0 Å². The first kappa shape index (κ1) is 28.6. The third-order valence-corrected chi connectivity index (χ3v) is 9.08. The molecule has 208 valence electrons. The van der Waals surface area contributed by atoms with Gasteiger partial charge in [-0.15, -0.1) is 0 Å². The maximum atomic E-state index is 13.5. The fraction of sp³-hybridized carbons (Fsp3) is 0.387. The molecule has 3 aromatic rings. The summed E-state index contributed by atoms with van der Waals surface area (Å²) < 4.78 is 44.1. The lowest BCUT2D eigenvalue weighted by Gasteiger charge is -2.37. The third-order valence-electron chi connectivity index (χ3n) is 6.84. The van der Waals surface area contributed by atoms with Crippen molar-refractivity contribution in [1.29, 1.82) is 0 Å². The van der Waals surface area contributed by atoms with Crippen LogP contribution in [-0.4, -0.2) is 50.3 Å². The second kappa shape index (κ2) is 13.6. The minimum absolute atomic E-state index is 0.177. The van der Waals surface area contributed by atoms with E-state index in [9.17, 15) is 13.2 Å². The number of ether oxygens (including phenoxy) is 3. The molecule has 0 bridgehead atoms. The molecule has 2 atom stereocenters. The third kappa shape index (κ3) is 7.61. The molecule has 0 N–H and O–H groups in total. The molecule has 7 nitrogen and oxygen atoms in total. The molecule has 0 radical (unpaired) electrons. The molecular weight excluding hydrogens is 514 g/mol. The van der Waals surface area contributed by atoms with E-state index in [0.717, 1.165) is 24.2 Å². The van der Waals surface area contributed by atoms with Gasteiger partial charge in [0.2, 0.25) is 0 Å². The Kier molecular flexibility index (Phi) is 10.0. The lowest BCUT2D eigenvalue weighted by atomic mass is 10.0. The molecule has 0 aromatic heterocycles. The Morgan fingerprint density at radius 1 is 0.923 bits per heavy atom. The fourth-order valence-corrected chi connectivity index (χ4v) is 6.51. The molecule has 3 aromatic carbocycles. The van der Waals surface area contributed by atoms with Gasteiger partial charge in [-0.05, 0) is 80.3 Å². The Balaban J connectivity index is 1.47. The first-order chi connectivity index (χ1) is 18.9. The average molecular weight is 552 g/mol. The molecule has 1 saturated heterocycles. The standard InChI is InChI=1S/C31H37NO6S/c1-3-5-20-37-25-14-16-28(17-15-25)39(34,35)29-18-19-32(30(22-29)31(33)36-4-2)23-24-10-9-13-27(21-24)38-26-11-7-6-8-12-26/h6-17,21,29-30H,3-5,18-20,22-23H2,1-2H3. The van der Waals surface area contributed by atoms with E-state index in [1.807, 2.05) is 59.5 Å². The van der Waals surface area contributed by atoms with Gasteiger partial charge >= 0.3 is 5.97 Å². The maximum absolute atomic E-state index is 13.5. The summed E-state index contributed by atoms with van der Waals surface area (Å²) in [6.45, 7) is 5.62. The Morgan fingerprint density at radius 2 is 1.67 bits per heavy atom. The van der Waals surface area contributed by atoms with Crippen molar-refractivity contribution in [3.05, 3.63) is 84.4 Å². The summed E-state index contributed by atoms with van der Waals surface area (Å²) in [5, 5.41) is -0.678. The number of unbranched alkanes of at least 4 members (excludes halogenated alkanes) is 1. The normalized spacial score (nSPS) is 17.9. The van der Waals surface area contributed by atoms with Crippen LogP contribution in [-0.2, 0) is 25.9 Å². The van der Waals surface area contributed by atoms with Gasteiger partial charge in [0, 0.05) is 13.1 Å². The number of esters is 1. The van der Waals surface area contributed by atoms with Gasteiger partial charge in [0.25, 0.3) is 0 Å².